The number of carbonyl (C=O) groups excluding carboxylic acids is 1. The number of hydrogen-bond acceptors (Lipinski definition) is 3. The third-order valence-electron chi connectivity index (χ3n) is 3.53. The number of rotatable bonds is 2. The highest BCUT2D eigenvalue weighted by Crippen LogP contribution is 2.24. The zero-order chi connectivity index (χ0) is 10.8. The maximum Gasteiger partial charge on any atom is 0.236 e. The summed E-state index contributed by atoms with van der Waals surface area (Å²) < 4.78 is 0. The molecule has 0 radical (unpaired) electrons. The molecule has 0 spiro atoms. The van der Waals surface area contributed by atoms with E-state index in [1.807, 2.05) is 14.1 Å². The van der Waals surface area contributed by atoms with Gasteiger partial charge < -0.3 is 10.2 Å². The summed E-state index contributed by atoms with van der Waals surface area (Å²) in [5.41, 5.74) is 0. The normalized spacial score (nSPS) is 31.3. The van der Waals surface area contributed by atoms with Crippen LogP contribution >= 0.6 is 0 Å². The number of nitrogens with one attached hydrogen (secondary N) is 1. The van der Waals surface area contributed by atoms with E-state index < -0.39 is 0 Å². The average molecular weight is 211 g/mol. The van der Waals surface area contributed by atoms with Crippen molar-refractivity contribution in [3.8, 4) is 0 Å². The van der Waals surface area contributed by atoms with Crippen molar-refractivity contribution in [2.45, 2.75) is 18.9 Å². The lowest BCUT2D eigenvalue weighted by atomic mass is 9.94. The van der Waals surface area contributed by atoms with Crippen molar-refractivity contribution in [2.75, 3.05) is 40.3 Å². The number of carbonyl (C=O) groups is 1. The van der Waals surface area contributed by atoms with Crippen LogP contribution in [-0.4, -0.2) is 62.0 Å². The molecule has 1 amide bonds. The lowest BCUT2D eigenvalue weighted by Gasteiger charge is -2.24. The van der Waals surface area contributed by atoms with E-state index in [0.717, 1.165) is 25.6 Å². The van der Waals surface area contributed by atoms with E-state index in [1.165, 1.54) is 12.8 Å². The van der Waals surface area contributed by atoms with Gasteiger partial charge in [-0.2, -0.15) is 0 Å². The second-order valence-corrected chi connectivity index (χ2v) is 4.95. The van der Waals surface area contributed by atoms with Crippen molar-refractivity contribution >= 4 is 5.91 Å². The molecule has 0 saturated carbocycles. The van der Waals surface area contributed by atoms with Crippen molar-refractivity contribution in [2.24, 2.45) is 5.92 Å². The molecule has 0 unspecified atom stereocenters. The Balaban J connectivity index is 1.84. The number of likely N-dealkylation sites (N-methyl/N-ethyl adjacent to an activating group) is 1. The summed E-state index contributed by atoms with van der Waals surface area (Å²) in [7, 11) is 3.65. The van der Waals surface area contributed by atoms with Gasteiger partial charge in [-0.15, -0.1) is 0 Å². The maximum atomic E-state index is 11.6. The highest BCUT2D eigenvalue weighted by molar-refractivity contribution is 5.77. The molecule has 0 bridgehead atoms. The molecule has 86 valence electrons. The predicted molar refractivity (Wildman–Crippen MR) is 59.6 cm³/mol. The molecule has 2 saturated heterocycles. The van der Waals surface area contributed by atoms with Gasteiger partial charge in [0.05, 0.1) is 6.54 Å². The van der Waals surface area contributed by atoms with Gasteiger partial charge in [0.2, 0.25) is 5.91 Å². The molecule has 2 rings (SSSR count). The van der Waals surface area contributed by atoms with Crippen LogP contribution < -0.4 is 5.32 Å². The van der Waals surface area contributed by atoms with Gasteiger partial charge in [-0.3, -0.25) is 9.69 Å². The van der Waals surface area contributed by atoms with Crippen LogP contribution in [0.25, 0.3) is 0 Å². The second kappa shape index (κ2) is 4.49. The Morgan fingerprint density at radius 3 is 2.93 bits per heavy atom. The zero-order valence-corrected chi connectivity index (χ0v) is 9.70. The molecule has 0 aliphatic carbocycles. The van der Waals surface area contributed by atoms with Crippen molar-refractivity contribution in [1.82, 2.24) is 15.1 Å². The molecular formula is C11H21N3O. The van der Waals surface area contributed by atoms with Gasteiger partial charge in [-0.1, -0.05) is 0 Å². The summed E-state index contributed by atoms with van der Waals surface area (Å²) in [5, 5.41) is 3.55. The number of likely N-dealkylation sites (tertiary alicyclic amines) is 1. The summed E-state index contributed by atoms with van der Waals surface area (Å²) >= 11 is 0. The van der Waals surface area contributed by atoms with Gasteiger partial charge in [0.25, 0.3) is 0 Å². The van der Waals surface area contributed by atoms with E-state index >= 15 is 0 Å². The van der Waals surface area contributed by atoms with E-state index in [2.05, 4.69) is 10.2 Å². The second-order valence-electron chi connectivity index (χ2n) is 4.95. The van der Waals surface area contributed by atoms with Crippen molar-refractivity contribution < 1.29 is 4.79 Å². The Bertz CT molecular complexity index is 228. The Morgan fingerprint density at radius 2 is 2.27 bits per heavy atom. The quantitative estimate of drug-likeness (QED) is 0.684. The number of amides is 1. The summed E-state index contributed by atoms with van der Waals surface area (Å²) in [4.78, 5) is 15.5. The van der Waals surface area contributed by atoms with E-state index in [9.17, 15) is 4.79 Å². The smallest absolute Gasteiger partial charge is 0.236 e. The van der Waals surface area contributed by atoms with Crippen LogP contribution in [0.15, 0.2) is 0 Å². The summed E-state index contributed by atoms with van der Waals surface area (Å²) in [6.45, 7) is 3.87. The number of hydrogen-bond donors (Lipinski definition) is 1. The molecule has 0 aromatic rings. The first-order valence-electron chi connectivity index (χ1n) is 5.82. The minimum absolute atomic E-state index is 0.216. The molecule has 1 N–H and O–H groups in total. The summed E-state index contributed by atoms with van der Waals surface area (Å²) in [6.07, 6.45) is 2.61. The third-order valence-corrected chi connectivity index (χ3v) is 3.53. The van der Waals surface area contributed by atoms with Crippen molar-refractivity contribution in [1.29, 1.82) is 0 Å². The predicted octanol–water partition coefficient (Wildman–Crippen LogP) is -0.242. The third kappa shape index (κ3) is 2.49. The first kappa shape index (κ1) is 10.9. The molecule has 0 aromatic heterocycles. The standard InChI is InChI=1S/C11H21N3O/c1-13(2)11(15)8-14-6-9-4-3-5-12-10(9)7-14/h9-10,12H,3-8H2,1-2H3/t9-,10+/m0/s1. The highest BCUT2D eigenvalue weighted by Gasteiger charge is 2.34. The topological polar surface area (TPSA) is 35.6 Å². The molecule has 2 fully saturated rings. The van der Waals surface area contributed by atoms with Gasteiger partial charge in [0.1, 0.15) is 0 Å². The van der Waals surface area contributed by atoms with Gasteiger partial charge >= 0.3 is 0 Å². The number of nitrogens with zero attached hydrogens (tertiary/aromatic N) is 2. The fourth-order valence-electron chi connectivity index (χ4n) is 2.60. The van der Waals surface area contributed by atoms with Crippen molar-refractivity contribution in [3.05, 3.63) is 0 Å². The van der Waals surface area contributed by atoms with Crippen LogP contribution in [0, 0.1) is 5.92 Å². The first-order chi connectivity index (χ1) is 7.16. The maximum absolute atomic E-state index is 11.6. The fraction of sp³-hybridized carbons (Fsp3) is 0.909. The molecule has 2 atom stereocenters. The monoisotopic (exact) mass is 211 g/mol. The molecule has 2 heterocycles. The molecular weight excluding hydrogens is 190 g/mol. The van der Waals surface area contributed by atoms with Crippen LogP contribution in [0.1, 0.15) is 12.8 Å². The molecule has 4 heteroatoms. The average Bonchev–Trinajstić information content (AvgIpc) is 2.59. The Kier molecular flexibility index (Phi) is 3.26. The first-order valence-corrected chi connectivity index (χ1v) is 5.82. The lowest BCUT2D eigenvalue weighted by molar-refractivity contribution is -0.129. The summed E-state index contributed by atoms with van der Waals surface area (Å²) in [5.74, 6) is 0.988. The van der Waals surface area contributed by atoms with E-state index in [-0.39, 0.29) is 5.91 Å². The van der Waals surface area contributed by atoms with Crippen LogP contribution in [0.4, 0.5) is 0 Å². The van der Waals surface area contributed by atoms with Gasteiger partial charge in [0.15, 0.2) is 0 Å². The van der Waals surface area contributed by atoms with Crippen LogP contribution in [0.3, 0.4) is 0 Å². The number of fused-ring (bicyclic) bond motifs is 1. The highest BCUT2D eigenvalue weighted by atomic mass is 16.2. The van der Waals surface area contributed by atoms with Gasteiger partial charge in [-0.25, -0.2) is 0 Å². The molecule has 15 heavy (non-hydrogen) atoms. The SMILES string of the molecule is CN(C)C(=O)CN1C[C@@H]2CCCN[C@@H]2C1. The molecule has 0 aromatic carbocycles. The largest absolute Gasteiger partial charge is 0.348 e. The van der Waals surface area contributed by atoms with Crippen LogP contribution in [-0.2, 0) is 4.79 Å². The Morgan fingerprint density at radius 1 is 1.47 bits per heavy atom. The number of piperidine rings is 1. The molecule has 2 aliphatic heterocycles. The zero-order valence-electron chi connectivity index (χ0n) is 9.70. The van der Waals surface area contributed by atoms with E-state index in [0.29, 0.717) is 12.6 Å². The van der Waals surface area contributed by atoms with Gasteiger partial charge in [-0.05, 0) is 25.3 Å². The minimum Gasteiger partial charge on any atom is -0.348 e. The van der Waals surface area contributed by atoms with E-state index in [4.69, 9.17) is 0 Å². The van der Waals surface area contributed by atoms with E-state index in [1.54, 1.807) is 4.90 Å². The summed E-state index contributed by atoms with van der Waals surface area (Å²) in [6, 6.07) is 0.633. The molecule has 4 nitrogen and oxygen atoms in total. The Hall–Kier alpha value is -0.610. The van der Waals surface area contributed by atoms with Gasteiger partial charge in [0, 0.05) is 33.2 Å². The fourth-order valence-corrected chi connectivity index (χ4v) is 2.60. The van der Waals surface area contributed by atoms with Crippen molar-refractivity contribution in [3.63, 3.8) is 0 Å². The Labute approximate surface area is 91.6 Å². The molecule has 2 aliphatic rings. The van der Waals surface area contributed by atoms with Crippen LogP contribution in [0.2, 0.25) is 0 Å². The lowest BCUT2D eigenvalue weighted by Crippen LogP contribution is -2.41. The minimum atomic E-state index is 0.216. The van der Waals surface area contributed by atoms with Crippen LogP contribution in [0.5, 0.6) is 0 Å².